The van der Waals surface area contributed by atoms with Gasteiger partial charge in [0.2, 0.25) is 0 Å². The minimum Gasteiger partial charge on any atom is -0.449 e. The smallest absolute Gasteiger partial charge is 0.407 e. The van der Waals surface area contributed by atoms with E-state index in [2.05, 4.69) is 29.6 Å². The first-order valence-corrected chi connectivity index (χ1v) is 10.1. The highest BCUT2D eigenvalue weighted by Crippen LogP contribution is 2.44. The number of carbonyl (C=O) groups is 1. The Hall–Kier alpha value is -3.18. The molecular weight excluding hydrogens is 381 g/mol. The van der Waals surface area contributed by atoms with Crippen LogP contribution in [0.4, 0.5) is 9.18 Å². The minimum atomic E-state index is -0.429. The number of nitrogens with one attached hydrogen (secondary N) is 1. The molecule has 4 nitrogen and oxygen atoms in total. The molecule has 5 heteroatoms. The summed E-state index contributed by atoms with van der Waals surface area (Å²) in [5.74, 6) is -0.217. The molecule has 0 saturated carbocycles. The van der Waals surface area contributed by atoms with Gasteiger partial charge in [0, 0.05) is 19.1 Å². The minimum absolute atomic E-state index is 0.0535. The van der Waals surface area contributed by atoms with Gasteiger partial charge in [0.05, 0.1) is 6.61 Å². The lowest BCUT2D eigenvalue weighted by molar-refractivity contribution is 0.115. The van der Waals surface area contributed by atoms with Crippen LogP contribution in [0.15, 0.2) is 72.8 Å². The Morgan fingerprint density at radius 3 is 2.33 bits per heavy atom. The highest BCUT2D eigenvalue weighted by atomic mass is 19.1. The Bertz CT molecular complexity index is 975. The predicted octanol–water partition coefficient (Wildman–Crippen LogP) is 5.27. The van der Waals surface area contributed by atoms with E-state index in [9.17, 15) is 9.18 Å². The Balaban J connectivity index is 1.19. The molecule has 1 N–H and O–H groups in total. The van der Waals surface area contributed by atoms with Crippen molar-refractivity contribution in [1.82, 2.24) is 5.32 Å². The van der Waals surface area contributed by atoms with Crippen LogP contribution in [-0.4, -0.2) is 25.9 Å². The second-order valence-corrected chi connectivity index (χ2v) is 7.29. The summed E-state index contributed by atoms with van der Waals surface area (Å²) in [6.45, 7) is 1.58. The summed E-state index contributed by atoms with van der Waals surface area (Å²) in [6, 6.07) is 22.8. The number of ether oxygens (including phenoxy) is 2. The van der Waals surface area contributed by atoms with E-state index >= 15 is 0 Å². The SMILES string of the molecule is O=C(NCCCOCc1cccc(F)c1)OCC1c2ccccc2-c2ccccc21. The standard InChI is InChI=1S/C25H24FNO3/c26-19-8-5-7-18(15-19)16-29-14-6-13-27-25(28)30-17-24-22-11-3-1-9-20(22)21-10-2-4-12-23(21)24/h1-5,7-12,15,24H,6,13-14,16-17H2,(H,27,28). The van der Waals surface area contributed by atoms with Crippen molar-refractivity contribution in [3.63, 3.8) is 0 Å². The largest absolute Gasteiger partial charge is 0.449 e. The van der Waals surface area contributed by atoms with Crippen molar-refractivity contribution in [3.8, 4) is 11.1 Å². The van der Waals surface area contributed by atoms with Gasteiger partial charge in [-0.3, -0.25) is 0 Å². The van der Waals surface area contributed by atoms with Crippen LogP contribution in [0.2, 0.25) is 0 Å². The van der Waals surface area contributed by atoms with Gasteiger partial charge in [0.25, 0.3) is 0 Å². The van der Waals surface area contributed by atoms with Crippen LogP contribution in [0.5, 0.6) is 0 Å². The summed E-state index contributed by atoms with van der Waals surface area (Å²) in [7, 11) is 0. The lowest BCUT2D eigenvalue weighted by Gasteiger charge is -2.14. The van der Waals surface area contributed by atoms with Gasteiger partial charge in [-0.05, 0) is 46.4 Å². The van der Waals surface area contributed by atoms with Gasteiger partial charge in [0.15, 0.2) is 0 Å². The number of rotatable bonds is 8. The molecule has 0 aromatic heterocycles. The zero-order valence-electron chi connectivity index (χ0n) is 16.6. The molecule has 3 aromatic carbocycles. The summed E-state index contributed by atoms with van der Waals surface area (Å²) in [5, 5.41) is 2.76. The summed E-state index contributed by atoms with van der Waals surface area (Å²) in [6.07, 6.45) is 0.224. The molecule has 0 heterocycles. The van der Waals surface area contributed by atoms with Crippen molar-refractivity contribution >= 4 is 6.09 Å². The molecule has 1 aliphatic rings. The third-order valence-electron chi connectivity index (χ3n) is 5.24. The quantitative estimate of drug-likeness (QED) is 0.519. The summed E-state index contributed by atoms with van der Waals surface area (Å²) in [4.78, 5) is 12.1. The normalized spacial score (nSPS) is 12.3. The van der Waals surface area contributed by atoms with Crippen molar-refractivity contribution in [2.45, 2.75) is 18.9 Å². The van der Waals surface area contributed by atoms with E-state index in [0.717, 1.165) is 5.56 Å². The number of hydrogen-bond acceptors (Lipinski definition) is 3. The number of carbonyl (C=O) groups excluding carboxylic acids is 1. The van der Waals surface area contributed by atoms with Crippen LogP contribution in [0, 0.1) is 5.82 Å². The second kappa shape index (κ2) is 9.55. The molecule has 0 aliphatic heterocycles. The molecule has 0 saturated heterocycles. The third kappa shape index (κ3) is 4.69. The van der Waals surface area contributed by atoms with Gasteiger partial charge in [-0.15, -0.1) is 0 Å². The topological polar surface area (TPSA) is 47.6 Å². The molecule has 0 atom stereocenters. The number of halogens is 1. The first-order chi connectivity index (χ1) is 14.7. The van der Waals surface area contributed by atoms with Crippen molar-refractivity contribution in [1.29, 1.82) is 0 Å². The molecule has 1 amide bonds. The van der Waals surface area contributed by atoms with E-state index in [1.807, 2.05) is 30.3 Å². The van der Waals surface area contributed by atoms with Crippen molar-refractivity contribution in [3.05, 3.63) is 95.3 Å². The van der Waals surface area contributed by atoms with E-state index in [1.165, 1.54) is 34.4 Å². The number of fused-ring (bicyclic) bond motifs is 3. The highest BCUT2D eigenvalue weighted by Gasteiger charge is 2.28. The molecule has 154 valence electrons. The molecule has 1 aliphatic carbocycles. The zero-order valence-corrected chi connectivity index (χ0v) is 16.6. The van der Waals surface area contributed by atoms with Crippen molar-refractivity contribution < 1.29 is 18.7 Å². The van der Waals surface area contributed by atoms with E-state index in [1.54, 1.807) is 6.07 Å². The number of benzene rings is 3. The first-order valence-electron chi connectivity index (χ1n) is 10.1. The van der Waals surface area contributed by atoms with E-state index in [-0.39, 0.29) is 11.7 Å². The molecule has 0 fully saturated rings. The van der Waals surface area contributed by atoms with Crippen LogP contribution in [0.3, 0.4) is 0 Å². The van der Waals surface area contributed by atoms with Crippen LogP contribution in [-0.2, 0) is 16.1 Å². The molecule has 30 heavy (non-hydrogen) atoms. The van der Waals surface area contributed by atoms with Crippen LogP contribution in [0.1, 0.15) is 29.0 Å². The van der Waals surface area contributed by atoms with E-state index in [0.29, 0.717) is 32.8 Å². The van der Waals surface area contributed by atoms with Crippen molar-refractivity contribution in [2.75, 3.05) is 19.8 Å². The fourth-order valence-electron chi connectivity index (χ4n) is 3.83. The molecule has 3 aromatic rings. The maximum absolute atomic E-state index is 13.1. The van der Waals surface area contributed by atoms with Gasteiger partial charge in [0.1, 0.15) is 12.4 Å². The first kappa shape index (κ1) is 20.1. The Morgan fingerprint density at radius 1 is 0.933 bits per heavy atom. The molecule has 0 spiro atoms. The van der Waals surface area contributed by atoms with Gasteiger partial charge in [-0.1, -0.05) is 60.7 Å². The highest BCUT2D eigenvalue weighted by molar-refractivity contribution is 5.79. The maximum Gasteiger partial charge on any atom is 0.407 e. The summed E-state index contributed by atoms with van der Waals surface area (Å²) in [5.41, 5.74) is 5.59. The van der Waals surface area contributed by atoms with Crippen LogP contribution in [0.25, 0.3) is 11.1 Å². The fraction of sp³-hybridized carbons (Fsp3) is 0.240. The van der Waals surface area contributed by atoms with Crippen molar-refractivity contribution in [2.24, 2.45) is 0 Å². The van der Waals surface area contributed by atoms with Gasteiger partial charge >= 0.3 is 6.09 Å². The molecule has 0 bridgehead atoms. The second-order valence-electron chi connectivity index (χ2n) is 7.29. The number of alkyl carbamates (subject to hydrolysis) is 1. The lowest BCUT2D eigenvalue weighted by atomic mass is 9.98. The third-order valence-corrected chi connectivity index (χ3v) is 5.24. The van der Waals surface area contributed by atoms with Crippen LogP contribution < -0.4 is 5.32 Å². The Kier molecular flexibility index (Phi) is 6.40. The number of amides is 1. The van der Waals surface area contributed by atoms with E-state index < -0.39 is 6.09 Å². The Morgan fingerprint density at radius 2 is 1.63 bits per heavy atom. The monoisotopic (exact) mass is 405 g/mol. The lowest BCUT2D eigenvalue weighted by Crippen LogP contribution is -2.27. The van der Waals surface area contributed by atoms with E-state index in [4.69, 9.17) is 9.47 Å². The summed E-state index contributed by atoms with van der Waals surface area (Å²) >= 11 is 0. The average Bonchev–Trinajstić information content (AvgIpc) is 3.08. The Labute approximate surface area is 175 Å². The molecule has 4 rings (SSSR count). The maximum atomic E-state index is 13.1. The fourth-order valence-corrected chi connectivity index (χ4v) is 3.83. The number of hydrogen-bond donors (Lipinski definition) is 1. The predicted molar refractivity (Wildman–Crippen MR) is 114 cm³/mol. The molecular formula is C25H24FNO3. The average molecular weight is 405 g/mol. The zero-order chi connectivity index (χ0) is 20.8. The van der Waals surface area contributed by atoms with Crippen LogP contribution >= 0.6 is 0 Å². The van der Waals surface area contributed by atoms with Gasteiger partial charge < -0.3 is 14.8 Å². The van der Waals surface area contributed by atoms with Gasteiger partial charge in [-0.2, -0.15) is 0 Å². The summed E-state index contributed by atoms with van der Waals surface area (Å²) < 4.78 is 24.1. The van der Waals surface area contributed by atoms with Gasteiger partial charge in [-0.25, -0.2) is 9.18 Å². The molecule has 0 unspecified atom stereocenters. The molecule has 0 radical (unpaired) electrons.